The average Bonchev–Trinajstić information content (AvgIpc) is 2.37. The first-order chi connectivity index (χ1) is 9.85. The number of carbonyl (C=O) groups is 1. The molecule has 2 N–H and O–H groups in total. The Hall–Kier alpha value is -1.27. The predicted molar refractivity (Wildman–Crippen MR) is 84.3 cm³/mol. The number of hydrogen-bond donors (Lipinski definition) is 2. The van der Waals surface area contributed by atoms with E-state index in [0.29, 0.717) is 11.3 Å². The zero-order chi connectivity index (χ0) is 15.5. The molecular formula is C14H19ClN2O3S. The molecule has 0 aliphatic heterocycles. The maximum Gasteiger partial charge on any atom is 0.253 e. The van der Waals surface area contributed by atoms with Crippen molar-refractivity contribution in [2.75, 3.05) is 11.0 Å². The second-order valence-electron chi connectivity index (χ2n) is 5.38. The van der Waals surface area contributed by atoms with Crippen LogP contribution in [0.1, 0.15) is 42.5 Å². The van der Waals surface area contributed by atoms with Crippen LogP contribution in [0.25, 0.3) is 0 Å². The first kappa shape index (κ1) is 16.1. The van der Waals surface area contributed by atoms with Gasteiger partial charge in [-0.1, -0.05) is 30.9 Å². The quantitative estimate of drug-likeness (QED) is 0.891. The first-order valence-electron chi connectivity index (χ1n) is 6.93. The van der Waals surface area contributed by atoms with Crippen LogP contribution in [0.3, 0.4) is 0 Å². The molecule has 1 aliphatic rings. The molecule has 0 heterocycles. The molecule has 0 spiro atoms. The van der Waals surface area contributed by atoms with Gasteiger partial charge in [-0.05, 0) is 31.0 Å². The molecule has 116 valence electrons. The van der Waals surface area contributed by atoms with Crippen LogP contribution in [0.15, 0.2) is 18.2 Å². The molecule has 1 aromatic rings. The van der Waals surface area contributed by atoms with Crippen molar-refractivity contribution >= 4 is 33.2 Å². The number of anilines is 1. The summed E-state index contributed by atoms with van der Waals surface area (Å²) in [7, 11) is -3.36. The zero-order valence-electron chi connectivity index (χ0n) is 11.9. The monoisotopic (exact) mass is 330 g/mol. The highest BCUT2D eigenvalue weighted by Crippen LogP contribution is 2.23. The van der Waals surface area contributed by atoms with E-state index in [4.69, 9.17) is 11.6 Å². The fraction of sp³-hybridized carbons (Fsp3) is 0.500. The Morgan fingerprint density at radius 1 is 1.24 bits per heavy atom. The van der Waals surface area contributed by atoms with Gasteiger partial charge in [-0.15, -0.1) is 0 Å². The predicted octanol–water partition coefficient (Wildman–Crippen LogP) is 2.77. The number of rotatable bonds is 4. The number of carbonyl (C=O) groups excluding carboxylic acids is 1. The van der Waals surface area contributed by atoms with Crippen molar-refractivity contribution in [2.24, 2.45) is 0 Å². The van der Waals surface area contributed by atoms with Crippen molar-refractivity contribution in [2.45, 2.75) is 38.1 Å². The van der Waals surface area contributed by atoms with Crippen LogP contribution in [0.2, 0.25) is 5.02 Å². The van der Waals surface area contributed by atoms with Crippen molar-refractivity contribution in [1.29, 1.82) is 0 Å². The van der Waals surface area contributed by atoms with Crippen LogP contribution in [0.5, 0.6) is 0 Å². The van der Waals surface area contributed by atoms with E-state index in [1.54, 1.807) is 0 Å². The molecular weight excluding hydrogens is 312 g/mol. The molecule has 0 bridgehead atoms. The summed E-state index contributed by atoms with van der Waals surface area (Å²) >= 11 is 6.08. The van der Waals surface area contributed by atoms with Gasteiger partial charge in [-0.25, -0.2) is 8.42 Å². The normalized spacial score (nSPS) is 16.5. The molecule has 2 rings (SSSR count). The van der Waals surface area contributed by atoms with E-state index >= 15 is 0 Å². The molecule has 5 nitrogen and oxygen atoms in total. The SMILES string of the molecule is CS(=O)(=O)Nc1ccc(C(=O)NC2CCCCC2)c(Cl)c1. The number of halogens is 1. The van der Waals surface area contributed by atoms with Crippen molar-refractivity contribution < 1.29 is 13.2 Å². The molecule has 0 atom stereocenters. The second-order valence-corrected chi connectivity index (χ2v) is 7.53. The number of hydrogen-bond acceptors (Lipinski definition) is 3. The molecule has 0 aromatic heterocycles. The third kappa shape index (κ3) is 4.89. The number of benzene rings is 1. The molecule has 0 radical (unpaired) electrons. The third-order valence-electron chi connectivity index (χ3n) is 3.46. The molecule has 1 amide bonds. The summed E-state index contributed by atoms with van der Waals surface area (Å²) in [6.45, 7) is 0. The van der Waals surface area contributed by atoms with Gasteiger partial charge in [0.1, 0.15) is 0 Å². The van der Waals surface area contributed by atoms with Crippen LogP contribution in [-0.4, -0.2) is 26.6 Å². The summed E-state index contributed by atoms with van der Waals surface area (Å²) in [5.41, 5.74) is 0.706. The summed E-state index contributed by atoms with van der Waals surface area (Å²) in [4.78, 5) is 12.2. The highest BCUT2D eigenvalue weighted by Gasteiger charge is 2.18. The maximum absolute atomic E-state index is 12.2. The van der Waals surface area contributed by atoms with Crippen molar-refractivity contribution in [3.63, 3.8) is 0 Å². The van der Waals surface area contributed by atoms with E-state index in [2.05, 4.69) is 10.0 Å². The second kappa shape index (κ2) is 6.66. The van der Waals surface area contributed by atoms with Crippen molar-refractivity contribution in [3.05, 3.63) is 28.8 Å². The van der Waals surface area contributed by atoms with E-state index in [1.165, 1.54) is 24.6 Å². The zero-order valence-corrected chi connectivity index (χ0v) is 13.4. The minimum Gasteiger partial charge on any atom is -0.349 e. The Balaban J connectivity index is 2.07. The lowest BCUT2D eigenvalue weighted by atomic mass is 9.95. The summed E-state index contributed by atoms with van der Waals surface area (Å²) < 4.78 is 24.6. The van der Waals surface area contributed by atoms with Gasteiger partial charge in [0.25, 0.3) is 5.91 Å². The Morgan fingerprint density at radius 3 is 2.48 bits per heavy atom. The largest absolute Gasteiger partial charge is 0.349 e. The lowest BCUT2D eigenvalue weighted by molar-refractivity contribution is 0.0928. The van der Waals surface area contributed by atoms with E-state index in [-0.39, 0.29) is 17.0 Å². The van der Waals surface area contributed by atoms with Crippen LogP contribution in [0.4, 0.5) is 5.69 Å². The van der Waals surface area contributed by atoms with Gasteiger partial charge in [0.2, 0.25) is 10.0 Å². The summed E-state index contributed by atoms with van der Waals surface area (Å²) in [5.74, 6) is -0.210. The van der Waals surface area contributed by atoms with Gasteiger partial charge in [0.15, 0.2) is 0 Å². The lowest BCUT2D eigenvalue weighted by Gasteiger charge is -2.23. The highest BCUT2D eigenvalue weighted by atomic mass is 35.5. The highest BCUT2D eigenvalue weighted by molar-refractivity contribution is 7.92. The Kier molecular flexibility index (Phi) is 5.11. The van der Waals surface area contributed by atoms with E-state index < -0.39 is 10.0 Å². The van der Waals surface area contributed by atoms with Gasteiger partial charge in [-0.3, -0.25) is 9.52 Å². The first-order valence-corrected chi connectivity index (χ1v) is 9.20. The van der Waals surface area contributed by atoms with E-state index in [0.717, 1.165) is 31.9 Å². The average molecular weight is 331 g/mol. The smallest absolute Gasteiger partial charge is 0.253 e. The Bertz CT molecular complexity index is 625. The Labute approximate surface area is 130 Å². The van der Waals surface area contributed by atoms with Gasteiger partial charge < -0.3 is 5.32 Å². The summed E-state index contributed by atoms with van der Waals surface area (Å²) in [6.07, 6.45) is 6.55. The lowest BCUT2D eigenvalue weighted by Crippen LogP contribution is -2.36. The molecule has 1 aliphatic carbocycles. The van der Waals surface area contributed by atoms with Crippen molar-refractivity contribution in [3.8, 4) is 0 Å². The number of amides is 1. The minimum absolute atomic E-state index is 0.205. The van der Waals surface area contributed by atoms with Gasteiger partial charge in [0, 0.05) is 11.7 Å². The fourth-order valence-electron chi connectivity index (χ4n) is 2.49. The topological polar surface area (TPSA) is 75.3 Å². The molecule has 0 saturated heterocycles. The van der Waals surface area contributed by atoms with Gasteiger partial charge in [0.05, 0.1) is 16.8 Å². The fourth-order valence-corrected chi connectivity index (χ4v) is 3.31. The van der Waals surface area contributed by atoms with Crippen LogP contribution in [0, 0.1) is 0 Å². The van der Waals surface area contributed by atoms with Crippen LogP contribution in [-0.2, 0) is 10.0 Å². The minimum atomic E-state index is -3.36. The third-order valence-corrected chi connectivity index (χ3v) is 4.38. The molecule has 0 unspecified atom stereocenters. The molecule has 1 aromatic carbocycles. The summed E-state index contributed by atoms with van der Waals surface area (Å²) in [6, 6.07) is 4.71. The van der Waals surface area contributed by atoms with Crippen molar-refractivity contribution in [1.82, 2.24) is 5.32 Å². The molecule has 7 heteroatoms. The van der Waals surface area contributed by atoms with Gasteiger partial charge >= 0.3 is 0 Å². The summed E-state index contributed by atoms with van der Waals surface area (Å²) in [5, 5.41) is 3.21. The van der Waals surface area contributed by atoms with Crippen LogP contribution >= 0.6 is 11.6 Å². The van der Waals surface area contributed by atoms with Gasteiger partial charge in [-0.2, -0.15) is 0 Å². The van der Waals surface area contributed by atoms with E-state index in [1.807, 2.05) is 0 Å². The standard InChI is InChI=1S/C14H19ClN2O3S/c1-21(19,20)17-11-7-8-12(13(15)9-11)14(18)16-10-5-3-2-4-6-10/h7-10,17H,2-6H2,1H3,(H,16,18). The van der Waals surface area contributed by atoms with Crippen LogP contribution < -0.4 is 10.0 Å². The van der Waals surface area contributed by atoms with E-state index in [9.17, 15) is 13.2 Å². The number of sulfonamides is 1. The molecule has 1 fully saturated rings. The maximum atomic E-state index is 12.2. The Morgan fingerprint density at radius 2 is 1.90 bits per heavy atom. The molecule has 1 saturated carbocycles. The molecule has 21 heavy (non-hydrogen) atoms. The number of nitrogens with one attached hydrogen (secondary N) is 2.